The monoisotopic (exact) mass is 398 g/mol. The minimum Gasteiger partial charge on any atom is -0.487 e. The zero-order valence-electron chi connectivity index (χ0n) is 14.9. The molecule has 0 aromatic heterocycles. The maximum Gasteiger partial charge on any atom is 0.139 e. The first-order chi connectivity index (χ1) is 12.7. The van der Waals surface area contributed by atoms with Crippen LogP contribution in [0.2, 0.25) is 10.0 Å². The Morgan fingerprint density at radius 1 is 1.23 bits per heavy atom. The van der Waals surface area contributed by atoms with Crippen molar-refractivity contribution in [2.75, 3.05) is 39.6 Å². The van der Waals surface area contributed by atoms with Crippen LogP contribution in [0.15, 0.2) is 41.5 Å². The van der Waals surface area contributed by atoms with Crippen LogP contribution in [0.25, 0.3) is 0 Å². The van der Waals surface area contributed by atoms with Gasteiger partial charge in [-0.2, -0.15) is 0 Å². The van der Waals surface area contributed by atoms with Gasteiger partial charge in [0.2, 0.25) is 0 Å². The number of rotatable bonds is 7. The highest BCUT2D eigenvalue weighted by Crippen LogP contribution is 2.32. The smallest absolute Gasteiger partial charge is 0.139 e. The van der Waals surface area contributed by atoms with Crippen LogP contribution >= 0.6 is 23.2 Å². The van der Waals surface area contributed by atoms with Gasteiger partial charge in [0, 0.05) is 23.6 Å². The van der Waals surface area contributed by atoms with E-state index in [1.165, 1.54) is 5.57 Å². The van der Waals surface area contributed by atoms with Crippen LogP contribution < -0.4 is 4.74 Å². The summed E-state index contributed by atoms with van der Waals surface area (Å²) in [4.78, 5) is 0. The molecule has 142 valence electrons. The lowest BCUT2D eigenvalue weighted by Crippen LogP contribution is -2.33. The molecule has 26 heavy (non-hydrogen) atoms. The van der Waals surface area contributed by atoms with Crippen LogP contribution in [0, 0.1) is 5.92 Å². The quantitative estimate of drug-likeness (QED) is 0.666. The summed E-state index contributed by atoms with van der Waals surface area (Å²) >= 11 is 12.2. The van der Waals surface area contributed by atoms with Crippen LogP contribution in [-0.2, 0) is 14.2 Å². The largest absolute Gasteiger partial charge is 0.487 e. The average molecular weight is 399 g/mol. The first-order valence-corrected chi connectivity index (χ1v) is 9.68. The molecule has 0 bridgehead atoms. The highest BCUT2D eigenvalue weighted by Gasteiger charge is 2.26. The van der Waals surface area contributed by atoms with Crippen molar-refractivity contribution >= 4 is 23.2 Å². The molecule has 0 amide bonds. The Kier molecular flexibility index (Phi) is 7.41. The van der Waals surface area contributed by atoms with Crippen molar-refractivity contribution in [2.45, 2.75) is 19.4 Å². The predicted molar refractivity (Wildman–Crippen MR) is 103 cm³/mol. The lowest BCUT2D eigenvalue weighted by molar-refractivity contribution is -0.0745. The van der Waals surface area contributed by atoms with Gasteiger partial charge in [-0.15, -0.1) is 0 Å². The molecule has 0 radical (unpaired) electrons. The fourth-order valence-electron chi connectivity index (χ4n) is 3.14. The van der Waals surface area contributed by atoms with Gasteiger partial charge < -0.3 is 18.9 Å². The Morgan fingerprint density at radius 2 is 2.12 bits per heavy atom. The molecular weight excluding hydrogens is 375 g/mol. The minimum absolute atomic E-state index is 0.0359. The van der Waals surface area contributed by atoms with Gasteiger partial charge in [0.05, 0.1) is 31.5 Å². The van der Waals surface area contributed by atoms with Gasteiger partial charge in [-0.1, -0.05) is 35.4 Å². The van der Waals surface area contributed by atoms with Crippen molar-refractivity contribution in [1.82, 2.24) is 0 Å². The zero-order valence-corrected chi connectivity index (χ0v) is 16.4. The maximum atomic E-state index is 6.20. The molecule has 4 nitrogen and oxygen atoms in total. The molecule has 0 spiro atoms. The summed E-state index contributed by atoms with van der Waals surface area (Å²) in [6.45, 7) is 5.68. The van der Waals surface area contributed by atoms with Crippen molar-refractivity contribution < 1.29 is 18.9 Å². The standard InChI is InChI=1S/C20H24Cl2O4/c1-2-23-11-14-3-4-15(17(9-14)20-13-24-7-8-25-20)12-26-19-10-16(21)5-6-18(19)22/h3-6,10,14,20H,2,7-9,11-13H2,1H3. The van der Waals surface area contributed by atoms with Crippen molar-refractivity contribution in [1.29, 1.82) is 0 Å². The summed E-state index contributed by atoms with van der Waals surface area (Å²) in [6.07, 6.45) is 5.14. The Balaban J connectivity index is 1.74. The Labute approximate surface area is 164 Å². The highest BCUT2D eigenvalue weighted by molar-refractivity contribution is 6.34. The Bertz CT molecular complexity index is 666. The van der Waals surface area contributed by atoms with Crippen molar-refractivity contribution in [3.63, 3.8) is 0 Å². The van der Waals surface area contributed by atoms with Gasteiger partial charge in [0.25, 0.3) is 0 Å². The summed E-state index contributed by atoms with van der Waals surface area (Å²) in [6, 6.07) is 5.21. The molecule has 1 aliphatic carbocycles. The molecule has 2 unspecified atom stereocenters. The van der Waals surface area contributed by atoms with E-state index >= 15 is 0 Å². The average Bonchev–Trinajstić information content (AvgIpc) is 2.68. The topological polar surface area (TPSA) is 36.9 Å². The summed E-state index contributed by atoms with van der Waals surface area (Å²) in [7, 11) is 0. The molecule has 1 aliphatic heterocycles. The zero-order chi connectivity index (χ0) is 18.4. The van der Waals surface area contributed by atoms with Gasteiger partial charge in [-0.3, -0.25) is 0 Å². The lowest BCUT2D eigenvalue weighted by Gasteiger charge is -2.31. The normalized spacial score (nSPS) is 23.3. The van der Waals surface area contributed by atoms with E-state index in [1.807, 2.05) is 6.92 Å². The van der Waals surface area contributed by atoms with Gasteiger partial charge >= 0.3 is 0 Å². The maximum absolute atomic E-state index is 6.20. The molecule has 6 heteroatoms. The second-order valence-electron chi connectivity index (χ2n) is 6.33. The lowest BCUT2D eigenvalue weighted by atomic mass is 9.87. The van der Waals surface area contributed by atoms with Crippen molar-refractivity contribution in [2.24, 2.45) is 5.92 Å². The molecule has 1 heterocycles. The third-order valence-corrected chi connectivity index (χ3v) is 5.03. The van der Waals surface area contributed by atoms with Crippen LogP contribution in [0.1, 0.15) is 13.3 Å². The van der Waals surface area contributed by atoms with Crippen LogP contribution in [-0.4, -0.2) is 45.7 Å². The van der Waals surface area contributed by atoms with Crippen LogP contribution in [0.4, 0.5) is 0 Å². The molecule has 1 fully saturated rings. The van der Waals surface area contributed by atoms with E-state index in [1.54, 1.807) is 18.2 Å². The molecule has 1 aromatic carbocycles. The Morgan fingerprint density at radius 3 is 2.88 bits per heavy atom. The summed E-state index contributed by atoms with van der Waals surface area (Å²) in [5, 5.41) is 1.14. The predicted octanol–water partition coefficient (Wildman–Crippen LogP) is 4.70. The van der Waals surface area contributed by atoms with Crippen molar-refractivity contribution in [3.8, 4) is 5.75 Å². The molecule has 1 saturated heterocycles. The SMILES string of the molecule is CCOCC1C=CC(COc2cc(Cl)ccc2Cl)=C(C2COCCO2)C1. The number of halogens is 2. The van der Waals surface area contributed by atoms with Crippen LogP contribution in [0.3, 0.4) is 0 Å². The van der Waals surface area contributed by atoms with Gasteiger partial charge in [-0.25, -0.2) is 0 Å². The van der Waals surface area contributed by atoms with E-state index in [2.05, 4.69) is 12.2 Å². The first-order valence-electron chi connectivity index (χ1n) is 8.92. The summed E-state index contributed by atoms with van der Waals surface area (Å²) in [5.74, 6) is 0.922. The second-order valence-corrected chi connectivity index (χ2v) is 7.17. The number of hydrogen-bond donors (Lipinski definition) is 0. The molecule has 2 aliphatic rings. The third-order valence-electron chi connectivity index (χ3n) is 4.48. The van der Waals surface area contributed by atoms with E-state index in [9.17, 15) is 0 Å². The summed E-state index contributed by atoms with van der Waals surface area (Å²) < 4.78 is 23.1. The number of ether oxygens (including phenoxy) is 4. The molecule has 0 saturated carbocycles. The Hall–Kier alpha value is -1.04. The first kappa shape index (κ1) is 19.7. The molecular formula is C20H24Cl2O4. The third kappa shape index (κ3) is 5.24. The van der Waals surface area contributed by atoms with E-state index in [4.69, 9.17) is 42.1 Å². The second kappa shape index (κ2) is 9.77. The van der Waals surface area contributed by atoms with Crippen molar-refractivity contribution in [3.05, 3.63) is 51.5 Å². The van der Waals surface area contributed by atoms with Gasteiger partial charge in [0.1, 0.15) is 18.5 Å². The van der Waals surface area contributed by atoms with E-state index in [0.717, 1.165) is 18.6 Å². The fraction of sp³-hybridized carbons (Fsp3) is 0.500. The van der Waals surface area contributed by atoms with E-state index in [-0.39, 0.29) is 6.10 Å². The van der Waals surface area contributed by atoms with E-state index in [0.29, 0.717) is 54.7 Å². The van der Waals surface area contributed by atoms with Gasteiger partial charge in [-0.05, 0) is 36.6 Å². The highest BCUT2D eigenvalue weighted by atomic mass is 35.5. The van der Waals surface area contributed by atoms with Crippen LogP contribution in [0.5, 0.6) is 5.75 Å². The summed E-state index contributed by atoms with van der Waals surface area (Å²) in [5.41, 5.74) is 2.32. The van der Waals surface area contributed by atoms with E-state index < -0.39 is 0 Å². The number of hydrogen-bond acceptors (Lipinski definition) is 4. The molecule has 3 rings (SSSR count). The molecule has 1 aromatic rings. The fourth-order valence-corrected chi connectivity index (χ4v) is 3.47. The molecule has 0 N–H and O–H groups in total. The van der Waals surface area contributed by atoms with Gasteiger partial charge in [0.15, 0.2) is 0 Å². The number of benzene rings is 1. The minimum atomic E-state index is -0.0359. The molecule has 2 atom stereocenters.